The molecule has 1 unspecified atom stereocenters. The summed E-state index contributed by atoms with van der Waals surface area (Å²) < 4.78 is 0. The van der Waals surface area contributed by atoms with Crippen molar-refractivity contribution in [3.8, 4) is 11.8 Å². The summed E-state index contributed by atoms with van der Waals surface area (Å²) in [6, 6.07) is 0.110. The highest BCUT2D eigenvalue weighted by molar-refractivity contribution is 5.93. The average molecular weight is 208 g/mol. The number of nitrogens with one attached hydrogen (secondary N) is 1. The highest BCUT2D eigenvalue weighted by Crippen LogP contribution is 2.26. The third kappa shape index (κ3) is 3.93. The molecule has 1 aliphatic carbocycles. The average Bonchev–Trinajstić information content (AvgIpc) is 2.27. The summed E-state index contributed by atoms with van der Waals surface area (Å²) in [6.45, 7) is 2.18. The molecule has 1 atom stereocenters. The third-order valence-electron chi connectivity index (χ3n) is 3.03. The van der Waals surface area contributed by atoms with Crippen LogP contribution in [0.3, 0.4) is 0 Å². The lowest BCUT2D eigenvalue weighted by atomic mass is 9.84. The van der Waals surface area contributed by atoms with E-state index < -0.39 is 0 Å². The molecular weight excluding hydrogens is 188 g/mol. The molecule has 0 spiro atoms. The first-order valence-electron chi connectivity index (χ1n) is 5.71. The minimum absolute atomic E-state index is 0.110. The number of hydrogen-bond donors (Lipinski definition) is 2. The normalized spacial score (nSPS) is 18.8. The van der Waals surface area contributed by atoms with E-state index in [1.54, 1.807) is 6.92 Å². The molecular formula is C12H20N2O. The summed E-state index contributed by atoms with van der Waals surface area (Å²) in [5.41, 5.74) is 5.69. The van der Waals surface area contributed by atoms with Crippen LogP contribution in [0.15, 0.2) is 0 Å². The number of nitrogens with two attached hydrogens (primary N) is 1. The molecule has 15 heavy (non-hydrogen) atoms. The molecule has 0 bridgehead atoms. The minimum atomic E-state index is -0.196. The van der Waals surface area contributed by atoms with E-state index >= 15 is 0 Å². The van der Waals surface area contributed by atoms with Crippen molar-refractivity contribution in [2.75, 3.05) is 6.54 Å². The number of rotatable bonds is 3. The van der Waals surface area contributed by atoms with Crippen LogP contribution in [0.1, 0.15) is 39.0 Å². The monoisotopic (exact) mass is 208 g/mol. The highest BCUT2D eigenvalue weighted by atomic mass is 16.1. The zero-order valence-corrected chi connectivity index (χ0v) is 9.38. The van der Waals surface area contributed by atoms with Gasteiger partial charge in [-0.3, -0.25) is 4.79 Å². The van der Waals surface area contributed by atoms with Crippen LogP contribution in [0.4, 0.5) is 0 Å². The van der Waals surface area contributed by atoms with Crippen molar-refractivity contribution in [1.82, 2.24) is 5.32 Å². The van der Waals surface area contributed by atoms with Gasteiger partial charge in [-0.25, -0.2) is 0 Å². The molecule has 0 aromatic heterocycles. The van der Waals surface area contributed by atoms with Crippen molar-refractivity contribution in [3.05, 3.63) is 0 Å². The Balaban J connectivity index is 2.45. The molecule has 0 aromatic rings. The fraction of sp³-hybridized carbons (Fsp3) is 0.750. The van der Waals surface area contributed by atoms with Gasteiger partial charge in [-0.2, -0.15) is 0 Å². The maximum atomic E-state index is 11.3. The predicted molar refractivity (Wildman–Crippen MR) is 61.0 cm³/mol. The lowest BCUT2D eigenvalue weighted by Crippen LogP contribution is -2.45. The number of carbonyl (C=O) groups is 1. The van der Waals surface area contributed by atoms with Gasteiger partial charge in [0.25, 0.3) is 5.91 Å². The van der Waals surface area contributed by atoms with E-state index in [1.165, 1.54) is 32.1 Å². The molecule has 1 saturated carbocycles. The molecule has 0 radical (unpaired) electrons. The first-order chi connectivity index (χ1) is 7.27. The Kier molecular flexibility index (Phi) is 5.20. The Hall–Kier alpha value is -1.01. The van der Waals surface area contributed by atoms with Gasteiger partial charge in [0, 0.05) is 12.6 Å². The third-order valence-corrected chi connectivity index (χ3v) is 3.03. The first-order valence-corrected chi connectivity index (χ1v) is 5.71. The zero-order valence-electron chi connectivity index (χ0n) is 9.38. The standard InChI is InChI=1S/C12H20N2O/c1-2-6-12(15)14-11(9-13)10-7-4-3-5-8-10/h10-11H,3-5,7-9,13H2,1H3,(H,14,15). The van der Waals surface area contributed by atoms with Crippen LogP contribution in [0.2, 0.25) is 0 Å². The van der Waals surface area contributed by atoms with Crippen molar-refractivity contribution in [2.45, 2.75) is 45.1 Å². The van der Waals surface area contributed by atoms with Crippen LogP contribution in [-0.4, -0.2) is 18.5 Å². The van der Waals surface area contributed by atoms with Gasteiger partial charge < -0.3 is 11.1 Å². The molecule has 3 nitrogen and oxygen atoms in total. The van der Waals surface area contributed by atoms with E-state index in [0.29, 0.717) is 12.5 Å². The van der Waals surface area contributed by atoms with Crippen molar-refractivity contribution in [2.24, 2.45) is 11.7 Å². The maximum Gasteiger partial charge on any atom is 0.296 e. The largest absolute Gasteiger partial charge is 0.341 e. The molecule has 3 heteroatoms. The van der Waals surface area contributed by atoms with E-state index in [0.717, 1.165) is 0 Å². The molecule has 0 heterocycles. The van der Waals surface area contributed by atoms with E-state index in [9.17, 15) is 4.79 Å². The van der Waals surface area contributed by atoms with Gasteiger partial charge in [0.05, 0.1) is 0 Å². The maximum absolute atomic E-state index is 11.3. The van der Waals surface area contributed by atoms with Gasteiger partial charge in [0.1, 0.15) is 0 Å². The Labute approximate surface area is 91.8 Å². The number of hydrogen-bond acceptors (Lipinski definition) is 2. The smallest absolute Gasteiger partial charge is 0.296 e. The lowest BCUT2D eigenvalue weighted by molar-refractivity contribution is -0.116. The van der Waals surface area contributed by atoms with Gasteiger partial charge in [-0.15, -0.1) is 0 Å². The van der Waals surface area contributed by atoms with Crippen molar-refractivity contribution < 1.29 is 4.79 Å². The van der Waals surface area contributed by atoms with Gasteiger partial charge in [-0.05, 0) is 31.6 Å². The Morgan fingerprint density at radius 2 is 2.13 bits per heavy atom. The van der Waals surface area contributed by atoms with Crippen LogP contribution in [-0.2, 0) is 4.79 Å². The summed E-state index contributed by atoms with van der Waals surface area (Å²) in [5.74, 6) is 5.44. The quantitative estimate of drug-likeness (QED) is 0.681. The van der Waals surface area contributed by atoms with Crippen molar-refractivity contribution in [1.29, 1.82) is 0 Å². The fourth-order valence-electron chi connectivity index (χ4n) is 2.22. The summed E-state index contributed by atoms with van der Waals surface area (Å²) in [7, 11) is 0. The molecule has 1 fully saturated rings. The molecule has 3 N–H and O–H groups in total. The molecule has 0 aromatic carbocycles. The van der Waals surface area contributed by atoms with E-state index in [1.807, 2.05) is 0 Å². The van der Waals surface area contributed by atoms with Crippen molar-refractivity contribution >= 4 is 5.91 Å². The van der Waals surface area contributed by atoms with Gasteiger partial charge in [-0.1, -0.05) is 25.2 Å². The number of amides is 1. The van der Waals surface area contributed by atoms with Gasteiger partial charge in [0.15, 0.2) is 0 Å². The first kappa shape index (κ1) is 12.1. The van der Waals surface area contributed by atoms with Gasteiger partial charge in [0.2, 0.25) is 0 Å². The second-order valence-electron chi connectivity index (χ2n) is 4.09. The fourth-order valence-corrected chi connectivity index (χ4v) is 2.22. The molecule has 1 aliphatic rings. The van der Waals surface area contributed by atoms with Crippen LogP contribution in [0, 0.1) is 17.8 Å². The van der Waals surface area contributed by atoms with E-state index in [-0.39, 0.29) is 11.9 Å². The molecule has 0 aliphatic heterocycles. The molecule has 1 rings (SSSR count). The molecule has 84 valence electrons. The highest BCUT2D eigenvalue weighted by Gasteiger charge is 2.23. The summed E-state index contributed by atoms with van der Waals surface area (Å²) in [6.07, 6.45) is 6.20. The molecule has 1 amide bonds. The van der Waals surface area contributed by atoms with Crippen LogP contribution >= 0.6 is 0 Å². The summed E-state index contributed by atoms with van der Waals surface area (Å²) in [4.78, 5) is 11.3. The van der Waals surface area contributed by atoms with Crippen LogP contribution in [0.5, 0.6) is 0 Å². The second-order valence-corrected chi connectivity index (χ2v) is 4.09. The minimum Gasteiger partial charge on any atom is -0.341 e. The SMILES string of the molecule is CC#CC(=O)NC(CN)C1CCCCC1. The summed E-state index contributed by atoms with van der Waals surface area (Å²) >= 11 is 0. The Morgan fingerprint density at radius 1 is 1.47 bits per heavy atom. The van der Waals surface area contributed by atoms with Crippen LogP contribution < -0.4 is 11.1 Å². The van der Waals surface area contributed by atoms with Crippen molar-refractivity contribution in [3.63, 3.8) is 0 Å². The topological polar surface area (TPSA) is 55.1 Å². The Bertz CT molecular complexity index is 259. The zero-order chi connectivity index (χ0) is 11.1. The van der Waals surface area contributed by atoms with E-state index in [2.05, 4.69) is 17.2 Å². The molecule has 0 saturated heterocycles. The van der Waals surface area contributed by atoms with Gasteiger partial charge >= 0.3 is 0 Å². The van der Waals surface area contributed by atoms with Crippen LogP contribution in [0.25, 0.3) is 0 Å². The second kappa shape index (κ2) is 6.47. The Morgan fingerprint density at radius 3 is 2.67 bits per heavy atom. The summed E-state index contributed by atoms with van der Waals surface area (Å²) in [5, 5.41) is 2.90. The number of carbonyl (C=O) groups excluding carboxylic acids is 1. The van der Waals surface area contributed by atoms with E-state index in [4.69, 9.17) is 5.73 Å². The lowest BCUT2D eigenvalue weighted by Gasteiger charge is -2.29. The predicted octanol–water partition coefficient (Wildman–Crippen LogP) is 1.03.